The van der Waals surface area contributed by atoms with E-state index in [-0.39, 0.29) is 18.0 Å². The first-order chi connectivity index (χ1) is 11.3. The van der Waals surface area contributed by atoms with Crippen LogP contribution in [-0.2, 0) is 9.53 Å². The van der Waals surface area contributed by atoms with Crippen LogP contribution in [0.4, 0.5) is 4.79 Å². The smallest absolute Gasteiger partial charge is 0.411 e. The number of likely N-dealkylation sites (tertiary alicyclic amines) is 2. The molecule has 2 N–H and O–H groups in total. The van der Waals surface area contributed by atoms with Gasteiger partial charge in [0.05, 0.1) is 24.3 Å². The van der Waals surface area contributed by atoms with Gasteiger partial charge in [-0.1, -0.05) is 0 Å². The van der Waals surface area contributed by atoms with Crippen LogP contribution >= 0.6 is 0 Å². The molecule has 2 heterocycles. The van der Waals surface area contributed by atoms with Crippen LogP contribution in [0.5, 0.6) is 0 Å². The zero-order valence-corrected chi connectivity index (χ0v) is 16.3. The number of rotatable bonds is 3. The highest BCUT2D eigenvalue weighted by Crippen LogP contribution is 2.48. The highest BCUT2D eigenvalue weighted by molar-refractivity contribution is 5.98. The summed E-state index contributed by atoms with van der Waals surface area (Å²) in [5, 5.41) is 20.0. The molecule has 0 aliphatic carbocycles. The standard InChI is InChI=1S/C18H32N2O5/c1-10-8-9-18(20(10)16(24)25-17(5,6)7)13(4)19(15(18)23)14(11(2)21)12(3)22/h10-14,21-22H,8-9H2,1-7H3/t10?,11-,12?,13?,14?,18?/m1/s1. The molecule has 0 radical (unpaired) electrons. The highest BCUT2D eigenvalue weighted by atomic mass is 16.6. The number of aliphatic hydroxyl groups excluding tert-OH is 2. The van der Waals surface area contributed by atoms with Crippen LogP contribution in [0.2, 0.25) is 0 Å². The SMILES string of the molecule is CC(O)C([C@@H](C)O)N1C(=O)C2(CCC(C)N2C(=O)OC(C)(C)C)C1C. The lowest BCUT2D eigenvalue weighted by molar-refractivity contribution is -0.188. The van der Waals surface area contributed by atoms with E-state index in [1.54, 1.807) is 39.5 Å². The number of hydrogen-bond acceptors (Lipinski definition) is 5. The van der Waals surface area contributed by atoms with Crippen LogP contribution in [0.1, 0.15) is 61.3 Å². The van der Waals surface area contributed by atoms with Gasteiger partial charge in [0, 0.05) is 6.04 Å². The molecule has 6 atom stereocenters. The van der Waals surface area contributed by atoms with E-state index in [4.69, 9.17) is 4.74 Å². The second-order valence-corrected chi connectivity index (χ2v) is 8.52. The van der Waals surface area contributed by atoms with Gasteiger partial charge in [0.2, 0.25) is 0 Å². The first-order valence-corrected chi connectivity index (χ1v) is 9.05. The molecule has 5 unspecified atom stereocenters. The lowest BCUT2D eigenvalue weighted by Gasteiger charge is -2.60. The minimum absolute atomic E-state index is 0.0973. The van der Waals surface area contributed by atoms with Gasteiger partial charge in [0.15, 0.2) is 0 Å². The Morgan fingerprint density at radius 1 is 1.24 bits per heavy atom. The zero-order chi connectivity index (χ0) is 19.3. The van der Waals surface area contributed by atoms with Crippen molar-refractivity contribution in [1.82, 2.24) is 9.80 Å². The lowest BCUT2D eigenvalue weighted by Crippen LogP contribution is -2.82. The molecule has 2 aliphatic rings. The maximum absolute atomic E-state index is 13.1. The Morgan fingerprint density at radius 3 is 2.16 bits per heavy atom. The summed E-state index contributed by atoms with van der Waals surface area (Å²) in [5.41, 5.74) is -1.58. The summed E-state index contributed by atoms with van der Waals surface area (Å²) in [6.45, 7) is 12.3. The van der Waals surface area contributed by atoms with Crippen molar-refractivity contribution < 1.29 is 24.5 Å². The van der Waals surface area contributed by atoms with Gasteiger partial charge in [0.25, 0.3) is 5.91 Å². The summed E-state index contributed by atoms with van der Waals surface area (Å²) in [6.07, 6.45) is -0.925. The monoisotopic (exact) mass is 356 g/mol. The van der Waals surface area contributed by atoms with Gasteiger partial charge in [-0.15, -0.1) is 0 Å². The molecule has 2 fully saturated rings. The number of carbonyl (C=O) groups excluding carboxylic acids is 2. The fraction of sp³-hybridized carbons (Fsp3) is 0.889. The van der Waals surface area contributed by atoms with E-state index >= 15 is 0 Å². The number of hydrogen-bond donors (Lipinski definition) is 2. The van der Waals surface area contributed by atoms with E-state index in [2.05, 4.69) is 0 Å². The molecule has 0 aromatic carbocycles. The predicted octanol–water partition coefficient (Wildman–Crippen LogP) is 1.51. The van der Waals surface area contributed by atoms with Crippen LogP contribution in [-0.4, -0.2) is 73.5 Å². The first kappa shape index (κ1) is 20.0. The van der Waals surface area contributed by atoms with E-state index < -0.39 is 35.5 Å². The molecular weight excluding hydrogens is 324 g/mol. The molecule has 2 aliphatic heterocycles. The van der Waals surface area contributed by atoms with Crippen LogP contribution in [0.3, 0.4) is 0 Å². The van der Waals surface area contributed by atoms with E-state index in [9.17, 15) is 19.8 Å². The van der Waals surface area contributed by atoms with Crippen molar-refractivity contribution in [3.8, 4) is 0 Å². The van der Waals surface area contributed by atoms with Gasteiger partial charge >= 0.3 is 6.09 Å². The van der Waals surface area contributed by atoms with Crippen LogP contribution in [0.15, 0.2) is 0 Å². The molecule has 0 aromatic heterocycles. The third-order valence-corrected chi connectivity index (χ3v) is 5.43. The molecule has 2 saturated heterocycles. The van der Waals surface area contributed by atoms with Gasteiger partial charge in [-0.3, -0.25) is 9.69 Å². The summed E-state index contributed by atoms with van der Waals surface area (Å²) < 4.78 is 5.53. The molecule has 7 nitrogen and oxygen atoms in total. The highest BCUT2D eigenvalue weighted by Gasteiger charge is 2.68. The van der Waals surface area contributed by atoms with Crippen molar-refractivity contribution in [2.75, 3.05) is 0 Å². The van der Waals surface area contributed by atoms with Crippen LogP contribution in [0.25, 0.3) is 0 Å². The average Bonchev–Trinajstić information content (AvgIpc) is 2.81. The number of β-lactam (4-membered cyclic amide) rings is 1. The second-order valence-electron chi connectivity index (χ2n) is 8.52. The molecule has 1 spiro atoms. The van der Waals surface area contributed by atoms with E-state index in [1.807, 2.05) is 13.8 Å². The van der Waals surface area contributed by atoms with Gasteiger partial charge in [-0.25, -0.2) is 4.79 Å². The topological polar surface area (TPSA) is 90.3 Å². The number of nitrogens with zero attached hydrogens (tertiary/aromatic N) is 2. The van der Waals surface area contributed by atoms with Gasteiger partial charge in [-0.2, -0.15) is 0 Å². The Labute approximate surface area is 149 Å². The normalized spacial score (nSPS) is 33.2. The van der Waals surface area contributed by atoms with Crippen LogP contribution < -0.4 is 0 Å². The Kier molecular flexibility index (Phi) is 5.14. The largest absolute Gasteiger partial charge is 0.444 e. The minimum Gasteiger partial charge on any atom is -0.444 e. The van der Waals surface area contributed by atoms with Crippen molar-refractivity contribution in [1.29, 1.82) is 0 Å². The Bertz CT molecular complexity index is 534. The van der Waals surface area contributed by atoms with Crippen molar-refractivity contribution in [3.63, 3.8) is 0 Å². The van der Waals surface area contributed by atoms with Gasteiger partial charge in [-0.05, 0) is 61.3 Å². The van der Waals surface area contributed by atoms with E-state index in [1.165, 1.54) is 4.90 Å². The van der Waals surface area contributed by atoms with E-state index in [0.29, 0.717) is 6.42 Å². The van der Waals surface area contributed by atoms with Crippen LogP contribution in [0, 0.1) is 0 Å². The number of ether oxygens (including phenoxy) is 1. The van der Waals surface area contributed by atoms with E-state index in [0.717, 1.165) is 6.42 Å². The quantitative estimate of drug-likeness (QED) is 0.748. The molecule has 0 bridgehead atoms. The van der Waals surface area contributed by atoms with Crippen molar-refractivity contribution in [3.05, 3.63) is 0 Å². The fourth-order valence-electron chi connectivity index (χ4n) is 4.35. The summed E-state index contributed by atoms with van der Waals surface area (Å²) in [4.78, 5) is 29.0. The van der Waals surface area contributed by atoms with Gasteiger partial charge in [0.1, 0.15) is 11.1 Å². The second kappa shape index (κ2) is 6.43. The Hall–Kier alpha value is -1.34. The van der Waals surface area contributed by atoms with Crippen molar-refractivity contribution in [2.45, 2.75) is 103 Å². The summed E-state index contributed by atoms with van der Waals surface area (Å²) in [6, 6.07) is -1.09. The third kappa shape index (κ3) is 3.12. The number of aliphatic hydroxyl groups is 2. The molecule has 0 aromatic rings. The third-order valence-electron chi connectivity index (χ3n) is 5.43. The maximum Gasteiger partial charge on any atom is 0.411 e. The number of amides is 2. The summed E-state index contributed by atoms with van der Waals surface area (Å²) >= 11 is 0. The minimum atomic E-state index is -0.941. The summed E-state index contributed by atoms with van der Waals surface area (Å²) in [7, 11) is 0. The average molecular weight is 356 g/mol. The zero-order valence-electron chi connectivity index (χ0n) is 16.3. The fourth-order valence-corrected chi connectivity index (χ4v) is 4.35. The molecule has 7 heteroatoms. The predicted molar refractivity (Wildman–Crippen MR) is 93.0 cm³/mol. The van der Waals surface area contributed by atoms with Gasteiger partial charge < -0.3 is 19.8 Å². The lowest BCUT2D eigenvalue weighted by atomic mass is 9.75. The molecule has 0 saturated carbocycles. The maximum atomic E-state index is 13.1. The van der Waals surface area contributed by atoms with Crippen molar-refractivity contribution in [2.24, 2.45) is 0 Å². The molecule has 2 amide bonds. The molecule has 25 heavy (non-hydrogen) atoms. The molecular formula is C18H32N2O5. The molecule has 144 valence electrons. The first-order valence-electron chi connectivity index (χ1n) is 9.05. The Morgan fingerprint density at radius 2 is 1.76 bits per heavy atom. The molecule has 2 rings (SSSR count). The van der Waals surface area contributed by atoms with Crippen molar-refractivity contribution >= 4 is 12.0 Å². The Balaban J connectivity index is 2.31. The summed E-state index contributed by atoms with van der Waals surface area (Å²) in [5.74, 6) is -0.220. The number of carbonyl (C=O) groups is 2.